The van der Waals surface area contributed by atoms with Crippen LogP contribution in [-0.4, -0.2) is 28.3 Å². The smallest absolute Gasteiger partial charge is 0.320 e. The average Bonchev–Trinajstić information content (AvgIpc) is 2.86. The molecule has 0 fully saturated rings. The molecule has 0 bridgehead atoms. The zero-order valence-corrected chi connectivity index (χ0v) is 11.4. The Morgan fingerprint density at radius 1 is 1.50 bits per heavy atom. The summed E-state index contributed by atoms with van der Waals surface area (Å²) in [6, 6.07) is 2.56. The van der Waals surface area contributed by atoms with Gasteiger partial charge in [-0.25, -0.2) is 9.78 Å². The summed E-state index contributed by atoms with van der Waals surface area (Å²) >= 11 is 0. The Morgan fingerprint density at radius 2 is 2.30 bits per heavy atom. The molecular weight excluding hydrogens is 262 g/mol. The van der Waals surface area contributed by atoms with E-state index < -0.39 is 12.1 Å². The zero-order chi connectivity index (χ0) is 14.5. The molecule has 8 nitrogen and oxygen atoms in total. The molecule has 0 radical (unpaired) electrons. The Hall–Kier alpha value is -2.64. The van der Waals surface area contributed by atoms with Gasteiger partial charge in [-0.05, 0) is 26.0 Å². The lowest BCUT2D eigenvalue weighted by atomic mass is 10.3. The molecule has 2 amide bonds. The highest BCUT2D eigenvalue weighted by Crippen LogP contribution is 2.19. The molecule has 0 saturated heterocycles. The van der Waals surface area contributed by atoms with Crippen LogP contribution in [0.5, 0.6) is 5.88 Å². The third kappa shape index (κ3) is 3.22. The minimum atomic E-state index is -0.417. The van der Waals surface area contributed by atoms with E-state index >= 15 is 0 Å². The van der Waals surface area contributed by atoms with Crippen LogP contribution in [0.15, 0.2) is 22.9 Å². The van der Waals surface area contributed by atoms with Crippen molar-refractivity contribution in [2.45, 2.75) is 19.9 Å². The number of carbonyl (C=O) groups excluding carboxylic acids is 1. The number of urea groups is 1. The van der Waals surface area contributed by atoms with Gasteiger partial charge in [0.05, 0.1) is 7.11 Å². The van der Waals surface area contributed by atoms with Gasteiger partial charge in [-0.15, -0.1) is 0 Å². The number of hydrogen-bond acceptors (Lipinski definition) is 6. The summed E-state index contributed by atoms with van der Waals surface area (Å²) < 4.78 is 10.0. The van der Waals surface area contributed by atoms with E-state index in [0.29, 0.717) is 23.3 Å². The summed E-state index contributed by atoms with van der Waals surface area (Å²) in [6.45, 7) is 3.45. The third-order valence-corrected chi connectivity index (χ3v) is 2.47. The van der Waals surface area contributed by atoms with Crippen molar-refractivity contribution in [3.8, 4) is 5.88 Å². The van der Waals surface area contributed by atoms with Crippen LogP contribution in [-0.2, 0) is 0 Å². The number of methoxy groups -OCH3 is 1. The Morgan fingerprint density at radius 3 is 2.95 bits per heavy atom. The summed E-state index contributed by atoms with van der Waals surface area (Å²) in [7, 11) is 1.48. The maximum atomic E-state index is 11.9. The van der Waals surface area contributed by atoms with Crippen molar-refractivity contribution in [2.24, 2.45) is 0 Å². The fraction of sp³-hybridized carbons (Fsp3) is 0.333. The molecular formula is C12H15N5O3. The number of aromatic nitrogens is 3. The van der Waals surface area contributed by atoms with Crippen LogP contribution >= 0.6 is 0 Å². The zero-order valence-electron chi connectivity index (χ0n) is 11.4. The summed E-state index contributed by atoms with van der Waals surface area (Å²) in [5, 5.41) is 8.99. The fourth-order valence-corrected chi connectivity index (χ4v) is 1.55. The van der Waals surface area contributed by atoms with Gasteiger partial charge in [0.2, 0.25) is 11.8 Å². The molecule has 8 heteroatoms. The molecule has 106 valence electrons. The first-order valence-corrected chi connectivity index (χ1v) is 5.97. The molecule has 2 rings (SSSR count). The number of hydrogen-bond donors (Lipinski definition) is 2. The van der Waals surface area contributed by atoms with Crippen LogP contribution in [0.4, 0.5) is 10.5 Å². The fourth-order valence-electron chi connectivity index (χ4n) is 1.55. The van der Waals surface area contributed by atoms with E-state index in [0.717, 1.165) is 0 Å². The minimum absolute atomic E-state index is 0.337. The van der Waals surface area contributed by atoms with E-state index in [9.17, 15) is 4.79 Å². The summed E-state index contributed by atoms with van der Waals surface area (Å²) in [6.07, 6.45) is 1.58. The first-order valence-electron chi connectivity index (χ1n) is 5.97. The van der Waals surface area contributed by atoms with Crippen molar-refractivity contribution in [1.82, 2.24) is 20.4 Å². The SMILES string of the molecule is COc1ncccc1NC(=O)NC(C)c1nc(C)no1. The van der Waals surface area contributed by atoms with Gasteiger partial charge in [0.25, 0.3) is 0 Å². The van der Waals surface area contributed by atoms with Gasteiger partial charge in [0, 0.05) is 6.20 Å². The number of nitrogens with one attached hydrogen (secondary N) is 2. The molecule has 1 unspecified atom stereocenters. The lowest BCUT2D eigenvalue weighted by molar-refractivity contribution is 0.245. The van der Waals surface area contributed by atoms with Crippen molar-refractivity contribution in [2.75, 3.05) is 12.4 Å². The van der Waals surface area contributed by atoms with Crippen molar-refractivity contribution < 1.29 is 14.1 Å². The number of aryl methyl sites for hydroxylation is 1. The molecule has 2 aromatic heterocycles. The quantitative estimate of drug-likeness (QED) is 0.881. The minimum Gasteiger partial charge on any atom is -0.480 e. The number of carbonyl (C=O) groups is 1. The Labute approximate surface area is 115 Å². The maximum Gasteiger partial charge on any atom is 0.320 e. The van der Waals surface area contributed by atoms with E-state index in [4.69, 9.17) is 9.26 Å². The third-order valence-electron chi connectivity index (χ3n) is 2.47. The molecule has 2 N–H and O–H groups in total. The molecule has 0 aromatic carbocycles. The van der Waals surface area contributed by atoms with Gasteiger partial charge in [-0.3, -0.25) is 0 Å². The monoisotopic (exact) mass is 277 g/mol. The highest BCUT2D eigenvalue weighted by molar-refractivity contribution is 5.90. The van der Waals surface area contributed by atoms with Crippen LogP contribution in [0.3, 0.4) is 0 Å². The summed E-state index contributed by atoms with van der Waals surface area (Å²) in [5.74, 6) is 1.20. The van der Waals surface area contributed by atoms with Crippen molar-refractivity contribution in [1.29, 1.82) is 0 Å². The number of nitrogens with zero attached hydrogens (tertiary/aromatic N) is 3. The lowest BCUT2D eigenvalue weighted by Crippen LogP contribution is -2.31. The predicted molar refractivity (Wildman–Crippen MR) is 70.4 cm³/mol. The van der Waals surface area contributed by atoms with Crippen molar-refractivity contribution in [3.63, 3.8) is 0 Å². The summed E-state index contributed by atoms with van der Waals surface area (Å²) in [4.78, 5) is 19.9. The highest BCUT2D eigenvalue weighted by Gasteiger charge is 2.16. The number of anilines is 1. The number of amides is 2. The molecule has 0 saturated carbocycles. The van der Waals surface area contributed by atoms with E-state index in [1.165, 1.54) is 7.11 Å². The molecule has 0 aliphatic carbocycles. The standard InChI is InChI=1S/C12H15N5O3/c1-7(10-15-8(2)17-20-10)14-12(18)16-9-5-4-6-13-11(9)19-3/h4-7H,1-3H3,(H2,14,16,18). The topological polar surface area (TPSA) is 102 Å². The Bertz CT molecular complexity index is 598. The lowest BCUT2D eigenvalue weighted by Gasteiger charge is -2.12. The van der Waals surface area contributed by atoms with Gasteiger partial charge in [0.1, 0.15) is 11.7 Å². The first-order chi connectivity index (χ1) is 9.60. The van der Waals surface area contributed by atoms with Gasteiger partial charge < -0.3 is 19.9 Å². The second kappa shape index (κ2) is 6.00. The van der Waals surface area contributed by atoms with Gasteiger partial charge in [0.15, 0.2) is 5.82 Å². The van der Waals surface area contributed by atoms with Crippen LogP contribution in [0, 0.1) is 6.92 Å². The molecule has 0 aliphatic rings. The molecule has 2 heterocycles. The van der Waals surface area contributed by atoms with Crippen molar-refractivity contribution >= 4 is 11.7 Å². The average molecular weight is 277 g/mol. The Kier molecular flexibility index (Phi) is 4.14. The summed E-state index contributed by atoms with van der Waals surface area (Å²) in [5.41, 5.74) is 0.474. The van der Waals surface area contributed by atoms with E-state index in [1.54, 1.807) is 32.2 Å². The predicted octanol–water partition coefficient (Wildman–Crippen LogP) is 1.66. The van der Waals surface area contributed by atoms with Crippen LogP contribution < -0.4 is 15.4 Å². The second-order valence-electron chi connectivity index (χ2n) is 4.06. The second-order valence-corrected chi connectivity index (χ2v) is 4.06. The number of pyridine rings is 1. The van der Waals surface area contributed by atoms with E-state index in [2.05, 4.69) is 25.8 Å². The van der Waals surface area contributed by atoms with Gasteiger partial charge in [-0.1, -0.05) is 5.16 Å². The van der Waals surface area contributed by atoms with Crippen LogP contribution in [0.25, 0.3) is 0 Å². The normalized spacial score (nSPS) is 11.8. The highest BCUT2D eigenvalue weighted by atomic mass is 16.5. The molecule has 20 heavy (non-hydrogen) atoms. The maximum absolute atomic E-state index is 11.9. The van der Waals surface area contributed by atoms with Crippen LogP contribution in [0.2, 0.25) is 0 Å². The molecule has 0 aliphatic heterocycles. The van der Waals surface area contributed by atoms with Gasteiger partial charge in [-0.2, -0.15) is 4.98 Å². The largest absolute Gasteiger partial charge is 0.480 e. The first kappa shape index (κ1) is 13.8. The molecule has 0 spiro atoms. The number of rotatable bonds is 4. The van der Waals surface area contributed by atoms with Gasteiger partial charge >= 0.3 is 6.03 Å². The van der Waals surface area contributed by atoms with Crippen molar-refractivity contribution in [3.05, 3.63) is 30.0 Å². The Balaban J connectivity index is 1.98. The van der Waals surface area contributed by atoms with E-state index in [-0.39, 0.29) is 0 Å². The van der Waals surface area contributed by atoms with Crippen LogP contribution in [0.1, 0.15) is 24.7 Å². The molecule has 2 aromatic rings. The van der Waals surface area contributed by atoms with E-state index in [1.807, 2.05) is 0 Å². The number of ether oxygens (including phenoxy) is 1. The molecule has 1 atom stereocenters.